The third kappa shape index (κ3) is 5.05. The molecule has 0 fully saturated rings. The second kappa shape index (κ2) is 7.43. The first kappa shape index (κ1) is 17.9. The van der Waals surface area contributed by atoms with Gasteiger partial charge < -0.3 is 9.42 Å². The number of benzene rings is 1. The lowest BCUT2D eigenvalue weighted by Gasteiger charge is -2.24. The van der Waals surface area contributed by atoms with Gasteiger partial charge in [-0.05, 0) is 12.3 Å². The van der Waals surface area contributed by atoms with E-state index in [1.807, 2.05) is 52.0 Å². The molecule has 5 heteroatoms. The van der Waals surface area contributed by atoms with Crippen LogP contribution in [0, 0.1) is 12.3 Å². The Morgan fingerprint density at radius 3 is 2.54 bits per heavy atom. The third-order valence-electron chi connectivity index (χ3n) is 3.49. The van der Waals surface area contributed by atoms with Crippen LogP contribution in [0.4, 0.5) is 0 Å². The van der Waals surface area contributed by atoms with E-state index in [0.717, 1.165) is 5.56 Å². The summed E-state index contributed by atoms with van der Waals surface area (Å²) in [5, 5.41) is 4.01. The summed E-state index contributed by atoms with van der Waals surface area (Å²) in [4.78, 5) is 18.5. The van der Waals surface area contributed by atoms with Gasteiger partial charge in [-0.1, -0.05) is 61.8 Å². The highest BCUT2D eigenvalue weighted by Crippen LogP contribution is 2.21. The summed E-state index contributed by atoms with van der Waals surface area (Å²) in [6.07, 6.45) is 2.16. The summed E-state index contributed by atoms with van der Waals surface area (Å²) in [5.41, 5.74) is 2.00. The molecule has 0 aliphatic rings. The molecule has 2 aromatic rings. The Balaban J connectivity index is 2.11. The molecule has 1 amide bonds. The first-order valence-corrected chi connectivity index (χ1v) is 8.07. The van der Waals surface area contributed by atoms with Crippen LogP contribution in [0.1, 0.15) is 38.6 Å². The molecule has 0 aliphatic heterocycles. The van der Waals surface area contributed by atoms with Crippen LogP contribution >= 0.6 is 0 Å². The van der Waals surface area contributed by atoms with Gasteiger partial charge in [-0.15, -0.1) is 6.58 Å². The fourth-order valence-corrected chi connectivity index (χ4v) is 2.28. The Hall–Kier alpha value is -2.43. The molecule has 1 aromatic carbocycles. The number of carbonyl (C=O) groups excluding carboxylic acids is 1. The Morgan fingerprint density at radius 2 is 1.96 bits per heavy atom. The van der Waals surface area contributed by atoms with Gasteiger partial charge in [-0.25, -0.2) is 0 Å². The smallest absolute Gasteiger partial charge is 0.246 e. The van der Waals surface area contributed by atoms with E-state index in [1.54, 1.807) is 11.0 Å². The summed E-state index contributed by atoms with van der Waals surface area (Å²) in [5.74, 6) is 1.01. The predicted octanol–water partition coefficient (Wildman–Crippen LogP) is 4.00. The Bertz CT molecular complexity index is 696. The molecular weight excluding hydrogens is 302 g/mol. The van der Waals surface area contributed by atoms with Gasteiger partial charge in [-0.3, -0.25) is 4.79 Å². The topological polar surface area (TPSA) is 59.2 Å². The van der Waals surface area contributed by atoms with Crippen molar-refractivity contribution in [3.05, 3.63) is 48.4 Å². The van der Waals surface area contributed by atoms with Gasteiger partial charge in [-0.2, -0.15) is 4.98 Å². The van der Waals surface area contributed by atoms with Gasteiger partial charge >= 0.3 is 0 Å². The average molecular weight is 327 g/mol. The highest BCUT2D eigenvalue weighted by molar-refractivity contribution is 5.76. The molecule has 0 N–H and O–H groups in total. The van der Waals surface area contributed by atoms with E-state index >= 15 is 0 Å². The minimum atomic E-state index is -0.0710. The zero-order valence-corrected chi connectivity index (χ0v) is 14.9. The normalized spacial score (nSPS) is 11.3. The Kier molecular flexibility index (Phi) is 5.54. The van der Waals surface area contributed by atoms with Gasteiger partial charge in [0.25, 0.3) is 0 Å². The molecule has 0 bridgehead atoms. The third-order valence-corrected chi connectivity index (χ3v) is 3.49. The van der Waals surface area contributed by atoms with Crippen molar-refractivity contribution in [2.24, 2.45) is 5.41 Å². The van der Waals surface area contributed by atoms with Crippen LogP contribution < -0.4 is 0 Å². The average Bonchev–Trinajstić information content (AvgIpc) is 2.94. The van der Waals surface area contributed by atoms with Crippen LogP contribution in [0.5, 0.6) is 0 Å². The summed E-state index contributed by atoms with van der Waals surface area (Å²) in [6, 6.07) is 7.91. The van der Waals surface area contributed by atoms with Crippen molar-refractivity contribution >= 4 is 5.91 Å². The molecule has 0 unspecified atom stereocenters. The first-order valence-electron chi connectivity index (χ1n) is 8.07. The maximum absolute atomic E-state index is 12.5. The predicted molar refractivity (Wildman–Crippen MR) is 94.2 cm³/mol. The number of hydrogen-bond donors (Lipinski definition) is 0. The molecule has 0 atom stereocenters. The molecule has 5 nitrogen and oxygen atoms in total. The van der Waals surface area contributed by atoms with Crippen molar-refractivity contribution in [2.45, 2.75) is 40.7 Å². The van der Waals surface area contributed by atoms with Crippen LogP contribution in [0.3, 0.4) is 0 Å². The second-order valence-electron chi connectivity index (χ2n) is 7.18. The number of amides is 1. The zero-order chi connectivity index (χ0) is 17.7. The van der Waals surface area contributed by atoms with Gasteiger partial charge in [0.2, 0.25) is 17.6 Å². The number of rotatable bonds is 6. The van der Waals surface area contributed by atoms with Crippen molar-refractivity contribution in [3.8, 4) is 11.4 Å². The standard InChI is InChI=1S/C19H25N3O2/c1-6-11-22(17(23)12-19(3,4)5)13-16-20-18(21-24-16)15-9-7-14(2)8-10-15/h6-10H,1,11-13H2,2-5H3. The number of carbonyl (C=O) groups is 1. The van der Waals surface area contributed by atoms with Gasteiger partial charge in [0.05, 0.1) is 0 Å². The number of hydrogen-bond acceptors (Lipinski definition) is 4. The van der Waals surface area contributed by atoms with Crippen molar-refractivity contribution in [1.82, 2.24) is 15.0 Å². The lowest BCUT2D eigenvalue weighted by atomic mass is 9.91. The van der Waals surface area contributed by atoms with E-state index in [9.17, 15) is 4.79 Å². The molecule has 0 saturated heterocycles. The quantitative estimate of drug-likeness (QED) is 0.753. The number of aromatic nitrogens is 2. The van der Waals surface area contributed by atoms with E-state index < -0.39 is 0 Å². The van der Waals surface area contributed by atoms with E-state index in [1.165, 1.54) is 5.56 Å². The minimum Gasteiger partial charge on any atom is -0.337 e. The molecule has 0 saturated carbocycles. The molecule has 1 aromatic heterocycles. The Labute approximate surface area is 143 Å². The van der Waals surface area contributed by atoms with Crippen LogP contribution in [0.25, 0.3) is 11.4 Å². The molecule has 0 radical (unpaired) electrons. The lowest BCUT2D eigenvalue weighted by molar-refractivity contribution is -0.133. The summed E-state index contributed by atoms with van der Waals surface area (Å²) in [6.45, 7) is 12.6. The van der Waals surface area contributed by atoms with Gasteiger partial charge in [0.15, 0.2) is 0 Å². The Morgan fingerprint density at radius 1 is 1.29 bits per heavy atom. The molecule has 0 spiro atoms. The van der Waals surface area contributed by atoms with Crippen LogP contribution in [-0.4, -0.2) is 27.5 Å². The fraction of sp³-hybridized carbons (Fsp3) is 0.421. The zero-order valence-electron chi connectivity index (χ0n) is 14.9. The van der Waals surface area contributed by atoms with E-state index in [0.29, 0.717) is 31.2 Å². The molecule has 128 valence electrons. The SMILES string of the molecule is C=CCN(Cc1nc(-c2ccc(C)cc2)no1)C(=O)CC(C)(C)C. The maximum atomic E-state index is 12.5. The largest absolute Gasteiger partial charge is 0.337 e. The highest BCUT2D eigenvalue weighted by Gasteiger charge is 2.22. The van der Waals surface area contributed by atoms with Gasteiger partial charge in [0, 0.05) is 18.5 Å². The monoisotopic (exact) mass is 327 g/mol. The minimum absolute atomic E-state index is 0.0532. The molecule has 0 aliphatic carbocycles. The van der Waals surface area contributed by atoms with Crippen molar-refractivity contribution in [3.63, 3.8) is 0 Å². The maximum Gasteiger partial charge on any atom is 0.246 e. The summed E-state index contributed by atoms with van der Waals surface area (Å²) < 4.78 is 5.32. The van der Waals surface area contributed by atoms with E-state index in [-0.39, 0.29) is 11.3 Å². The van der Waals surface area contributed by atoms with Gasteiger partial charge in [0.1, 0.15) is 6.54 Å². The number of aryl methyl sites for hydroxylation is 1. The highest BCUT2D eigenvalue weighted by atomic mass is 16.5. The van der Waals surface area contributed by atoms with E-state index in [2.05, 4.69) is 16.7 Å². The van der Waals surface area contributed by atoms with E-state index in [4.69, 9.17) is 4.52 Å². The molecule has 1 heterocycles. The van der Waals surface area contributed by atoms with Crippen molar-refractivity contribution in [2.75, 3.05) is 6.54 Å². The molecule has 24 heavy (non-hydrogen) atoms. The van der Waals surface area contributed by atoms with Crippen molar-refractivity contribution in [1.29, 1.82) is 0 Å². The fourth-order valence-electron chi connectivity index (χ4n) is 2.28. The van der Waals surface area contributed by atoms with Crippen molar-refractivity contribution < 1.29 is 9.32 Å². The second-order valence-corrected chi connectivity index (χ2v) is 7.18. The summed E-state index contributed by atoms with van der Waals surface area (Å²) >= 11 is 0. The number of nitrogens with zero attached hydrogens (tertiary/aromatic N) is 3. The van der Waals surface area contributed by atoms with Crippen LogP contribution in [0.2, 0.25) is 0 Å². The molecule has 2 rings (SSSR count). The summed E-state index contributed by atoms with van der Waals surface area (Å²) in [7, 11) is 0. The lowest BCUT2D eigenvalue weighted by Crippen LogP contribution is -2.33. The molecular formula is C19H25N3O2. The van der Waals surface area contributed by atoms with Crippen LogP contribution in [0.15, 0.2) is 41.4 Å². The first-order chi connectivity index (χ1) is 11.3. The van der Waals surface area contributed by atoms with Crippen LogP contribution in [-0.2, 0) is 11.3 Å².